The van der Waals surface area contributed by atoms with E-state index < -0.39 is 0 Å². The number of aromatic nitrogens is 5. The summed E-state index contributed by atoms with van der Waals surface area (Å²) in [6, 6.07) is 0. The molecule has 0 aliphatic heterocycles. The SMILES string of the molecule is Nc1nc(=S)c2nnn(CCCCO)c2[nH]1. The van der Waals surface area contributed by atoms with Crippen LogP contribution in [0.15, 0.2) is 0 Å². The van der Waals surface area contributed by atoms with Gasteiger partial charge in [0, 0.05) is 13.2 Å². The lowest BCUT2D eigenvalue weighted by Gasteiger charge is -2.01. The number of fused-ring (bicyclic) bond motifs is 1. The zero-order valence-corrected chi connectivity index (χ0v) is 9.37. The number of nitrogens with zero attached hydrogens (tertiary/aromatic N) is 4. The van der Waals surface area contributed by atoms with E-state index in [0.717, 1.165) is 12.8 Å². The second-order valence-electron chi connectivity index (χ2n) is 3.37. The fourth-order valence-corrected chi connectivity index (χ4v) is 1.66. The molecular formula is C8H12N6OS. The van der Waals surface area contributed by atoms with Crippen molar-refractivity contribution < 1.29 is 5.11 Å². The van der Waals surface area contributed by atoms with Gasteiger partial charge in [0.05, 0.1) is 0 Å². The first-order valence-corrected chi connectivity index (χ1v) is 5.33. The maximum absolute atomic E-state index is 8.70. The fraction of sp³-hybridized carbons (Fsp3) is 0.500. The van der Waals surface area contributed by atoms with Crippen LogP contribution in [0.1, 0.15) is 12.8 Å². The number of aryl methyl sites for hydroxylation is 1. The van der Waals surface area contributed by atoms with E-state index in [-0.39, 0.29) is 12.6 Å². The van der Waals surface area contributed by atoms with E-state index in [0.29, 0.717) is 22.3 Å². The van der Waals surface area contributed by atoms with Crippen LogP contribution >= 0.6 is 12.2 Å². The molecule has 0 atom stereocenters. The average molecular weight is 240 g/mol. The second-order valence-corrected chi connectivity index (χ2v) is 3.75. The highest BCUT2D eigenvalue weighted by molar-refractivity contribution is 7.71. The van der Waals surface area contributed by atoms with E-state index in [2.05, 4.69) is 20.3 Å². The number of aliphatic hydroxyl groups excluding tert-OH is 1. The van der Waals surface area contributed by atoms with Gasteiger partial charge in [0.1, 0.15) is 0 Å². The lowest BCUT2D eigenvalue weighted by atomic mass is 10.3. The monoisotopic (exact) mass is 240 g/mol. The average Bonchev–Trinajstić information content (AvgIpc) is 2.62. The molecule has 0 saturated carbocycles. The molecule has 2 rings (SSSR count). The summed E-state index contributed by atoms with van der Waals surface area (Å²) in [5.74, 6) is 0.253. The molecule has 0 aliphatic carbocycles. The minimum atomic E-state index is 0.173. The Bertz CT molecular complexity index is 547. The van der Waals surface area contributed by atoms with Gasteiger partial charge in [-0.2, -0.15) is 0 Å². The normalized spacial score (nSPS) is 11.1. The van der Waals surface area contributed by atoms with Gasteiger partial charge < -0.3 is 15.8 Å². The molecule has 0 unspecified atom stereocenters. The van der Waals surface area contributed by atoms with Crippen LogP contribution in [0.2, 0.25) is 0 Å². The number of rotatable bonds is 4. The van der Waals surface area contributed by atoms with Crippen molar-refractivity contribution >= 4 is 29.3 Å². The van der Waals surface area contributed by atoms with Crippen LogP contribution in [0.5, 0.6) is 0 Å². The third kappa shape index (κ3) is 2.02. The molecule has 2 aromatic rings. The van der Waals surface area contributed by atoms with Gasteiger partial charge in [0.15, 0.2) is 15.8 Å². The number of aliphatic hydroxyl groups is 1. The molecule has 0 aromatic carbocycles. The van der Waals surface area contributed by atoms with E-state index in [9.17, 15) is 0 Å². The first-order chi connectivity index (χ1) is 7.72. The predicted octanol–water partition coefficient (Wildman–Crippen LogP) is 0.239. The van der Waals surface area contributed by atoms with Crippen LogP contribution in [0.25, 0.3) is 11.2 Å². The molecule has 0 saturated heterocycles. The van der Waals surface area contributed by atoms with Crippen LogP contribution in [-0.4, -0.2) is 36.7 Å². The smallest absolute Gasteiger partial charge is 0.200 e. The van der Waals surface area contributed by atoms with Gasteiger partial charge in [-0.05, 0) is 12.8 Å². The van der Waals surface area contributed by atoms with E-state index in [1.54, 1.807) is 4.68 Å². The van der Waals surface area contributed by atoms with Crippen LogP contribution in [0.3, 0.4) is 0 Å². The number of unbranched alkanes of at least 4 members (excludes halogenated alkanes) is 1. The maximum Gasteiger partial charge on any atom is 0.200 e. The van der Waals surface area contributed by atoms with Crippen LogP contribution < -0.4 is 5.73 Å². The van der Waals surface area contributed by atoms with Crippen LogP contribution in [0.4, 0.5) is 5.95 Å². The van der Waals surface area contributed by atoms with Gasteiger partial charge in [0.25, 0.3) is 0 Å². The molecule has 0 aliphatic rings. The number of hydrogen-bond acceptors (Lipinski definition) is 6. The summed E-state index contributed by atoms with van der Waals surface area (Å²) >= 11 is 5.02. The predicted molar refractivity (Wildman–Crippen MR) is 61.2 cm³/mol. The largest absolute Gasteiger partial charge is 0.396 e. The second kappa shape index (κ2) is 4.54. The Morgan fingerprint density at radius 3 is 3.00 bits per heavy atom. The molecule has 7 nitrogen and oxygen atoms in total. The Balaban J connectivity index is 2.36. The molecule has 2 heterocycles. The zero-order chi connectivity index (χ0) is 11.5. The maximum atomic E-state index is 8.70. The van der Waals surface area contributed by atoms with Crippen molar-refractivity contribution in [1.29, 1.82) is 0 Å². The Morgan fingerprint density at radius 1 is 1.44 bits per heavy atom. The van der Waals surface area contributed by atoms with E-state index in [4.69, 9.17) is 23.1 Å². The number of nitrogens with two attached hydrogens (primary N) is 1. The molecule has 16 heavy (non-hydrogen) atoms. The zero-order valence-electron chi connectivity index (χ0n) is 8.55. The number of H-pyrrole nitrogens is 1. The van der Waals surface area contributed by atoms with Gasteiger partial charge in [0.2, 0.25) is 5.95 Å². The summed E-state index contributed by atoms with van der Waals surface area (Å²) in [6.45, 7) is 0.831. The van der Waals surface area contributed by atoms with Crippen molar-refractivity contribution in [3.63, 3.8) is 0 Å². The Morgan fingerprint density at radius 2 is 2.25 bits per heavy atom. The van der Waals surface area contributed by atoms with Crippen molar-refractivity contribution in [1.82, 2.24) is 25.0 Å². The minimum Gasteiger partial charge on any atom is -0.396 e. The van der Waals surface area contributed by atoms with Crippen molar-refractivity contribution in [2.45, 2.75) is 19.4 Å². The summed E-state index contributed by atoms with van der Waals surface area (Å²) in [6.07, 6.45) is 1.54. The molecular weight excluding hydrogens is 228 g/mol. The van der Waals surface area contributed by atoms with Crippen molar-refractivity contribution in [2.75, 3.05) is 12.3 Å². The highest BCUT2D eigenvalue weighted by Gasteiger charge is 2.07. The van der Waals surface area contributed by atoms with Gasteiger partial charge >= 0.3 is 0 Å². The summed E-state index contributed by atoms with van der Waals surface area (Å²) in [5, 5.41) is 16.6. The van der Waals surface area contributed by atoms with Crippen LogP contribution in [0, 0.1) is 4.64 Å². The number of aromatic amines is 1. The molecule has 0 bridgehead atoms. The number of hydrogen-bond donors (Lipinski definition) is 3. The first-order valence-electron chi connectivity index (χ1n) is 4.92. The molecule has 4 N–H and O–H groups in total. The number of anilines is 1. The highest BCUT2D eigenvalue weighted by Crippen LogP contribution is 2.10. The Hall–Kier alpha value is -1.54. The summed E-state index contributed by atoms with van der Waals surface area (Å²) in [7, 11) is 0. The number of nitrogens with one attached hydrogen (secondary N) is 1. The summed E-state index contributed by atoms with van der Waals surface area (Å²) in [5.41, 5.74) is 6.79. The molecule has 0 spiro atoms. The Kier molecular flexibility index (Phi) is 3.11. The standard InChI is InChI=1S/C8H12N6OS/c9-8-10-6-5(7(16)11-8)12-13-14(6)3-1-2-4-15/h15H,1-4H2,(H3,9,10,11,16). The number of nitrogen functional groups attached to an aromatic ring is 1. The van der Waals surface area contributed by atoms with Crippen molar-refractivity contribution in [3.8, 4) is 0 Å². The lowest BCUT2D eigenvalue weighted by Crippen LogP contribution is -2.04. The van der Waals surface area contributed by atoms with Crippen LogP contribution in [-0.2, 0) is 6.54 Å². The van der Waals surface area contributed by atoms with E-state index in [1.165, 1.54) is 0 Å². The fourth-order valence-electron chi connectivity index (χ4n) is 1.42. The van der Waals surface area contributed by atoms with Crippen molar-refractivity contribution in [2.24, 2.45) is 0 Å². The van der Waals surface area contributed by atoms with Gasteiger partial charge in [-0.1, -0.05) is 17.4 Å². The minimum absolute atomic E-state index is 0.173. The molecule has 2 aromatic heterocycles. The van der Waals surface area contributed by atoms with E-state index in [1.807, 2.05) is 0 Å². The molecule has 0 amide bonds. The lowest BCUT2D eigenvalue weighted by molar-refractivity contribution is 0.280. The topological polar surface area (TPSA) is 106 Å². The third-order valence-corrected chi connectivity index (χ3v) is 2.47. The van der Waals surface area contributed by atoms with Gasteiger partial charge in [-0.15, -0.1) is 5.10 Å². The molecule has 0 radical (unpaired) electrons. The third-order valence-electron chi connectivity index (χ3n) is 2.18. The van der Waals surface area contributed by atoms with Gasteiger partial charge in [-0.25, -0.2) is 9.67 Å². The summed E-state index contributed by atoms with van der Waals surface area (Å²) in [4.78, 5) is 6.77. The quantitative estimate of drug-likeness (QED) is 0.522. The molecule has 86 valence electrons. The molecule has 8 heteroatoms. The summed E-state index contributed by atoms with van der Waals surface area (Å²) < 4.78 is 2.03. The molecule has 0 fully saturated rings. The van der Waals surface area contributed by atoms with Gasteiger partial charge in [-0.3, -0.25) is 0 Å². The first kappa shape index (κ1) is 11.0. The highest BCUT2D eigenvalue weighted by atomic mass is 32.1. The van der Waals surface area contributed by atoms with Crippen molar-refractivity contribution in [3.05, 3.63) is 4.64 Å². The van der Waals surface area contributed by atoms with E-state index >= 15 is 0 Å². The Labute approximate surface area is 96.3 Å².